The Morgan fingerprint density at radius 2 is 0.767 bits per heavy atom. The minimum Gasteiger partial charge on any atom is -0.487 e. The highest BCUT2D eigenvalue weighted by atomic mass is 16.6. The van der Waals surface area contributed by atoms with Crippen molar-refractivity contribution in [2.75, 3.05) is 119 Å². The number of carbonyl (C=O) groups is 2. The molecule has 2 aliphatic rings. The molecule has 0 spiro atoms. The van der Waals surface area contributed by atoms with Gasteiger partial charge in [-0.15, -0.1) is 0 Å². The molecule has 0 fully saturated rings. The van der Waals surface area contributed by atoms with Crippen molar-refractivity contribution in [2.45, 2.75) is 39.9 Å². The highest BCUT2D eigenvalue weighted by Crippen LogP contribution is 2.41. The van der Waals surface area contributed by atoms with Crippen LogP contribution in [0.5, 0.6) is 34.5 Å². The van der Waals surface area contributed by atoms with Crippen molar-refractivity contribution < 1.29 is 75.9 Å². The van der Waals surface area contributed by atoms with E-state index in [-0.39, 0.29) is 125 Å². The molecule has 1 aromatic heterocycles. The molecule has 0 unspecified atom stereocenters. The number of ether oxygens (including phenoxy) is 14. The highest BCUT2D eigenvalue weighted by Gasteiger charge is 2.23. The number of fused-ring (bicyclic) bond motifs is 2. The molecule has 0 saturated carbocycles. The summed E-state index contributed by atoms with van der Waals surface area (Å²) in [5.41, 5.74) is 1.58. The predicted molar refractivity (Wildman–Crippen MR) is 214 cm³/mol. The lowest BCUT2D eigenvalue weighted by molar-refractivity contribution is 0.00372. The molecule has 0 aliphatic carbocycles. The Morgan fingerprint density at radius 3 is 1.07 bits per heavy atom. The molecule has 0 saturated heterocycles. The molecule has 17 nitrogen and oxygen atoms in total. The number of carbonyl (C=O) groups excluding carboxylic acids is 2. The quantitative estimate of drug-likeness (QED) is 0.302. The van der Waals surface area contributed by atoms with Gasteiger partial charge in [0.05, 0.1) is 115 Å². The third-order valence-corrected chi connectivity index (χ3v) is 8.41. The zero-order valence-corrected chi connectivity index (χ0v) is 34.6. The second kappa shape index (κ2) is 27.0. The van der Waals surface area contributed by atoms with Gasteiger partial charge in [-0.25, -0.2) is 9.59 Å². The summed E-state index contributed by atoms with van der Waals surface area (Å²) in [6.07, 6.45) is 1.31. The predicted octanol–water partition coefficient (Wildman–Crippen LogP) is 5.02. The summed E-state index contributed by atoms with van der Waals surface area (Å²) in [6, 6.07) is 11.7. The van der Waals surface area contributed by atoms with E-state index in [4.69, 9.17) is 71.3 Å². The van der Waals surface area contributed by atoms with E-state index in [1.807, 2.05) is 19.9 Å². The van der Waals surface area contributed by atoms with Gasteiger partial charge < -0.3 is 66.3 Å². The molecule has 2 aromatic carbocycles. The number of esters is 2. The van der Waals surface area contributed by atoms with E-state index in [0.29, 0.717) is 77.1 Å². The van der Waals surface area contributed by atoms with Crippen molar-refractivity contribution in [1.82, 2.24) is 4.98 Å². The largest absolute Gasteiger partial charge is 0.487 e. The lowest BCUT2D eigenvalue weighted by Gasteiger charge is -2.19. The first-order valence-corrected chi connectivity index (χ1v) is 20.4. The first-order valence-electron chi connectivity index (χ1n) is 20.4. The monoisotopic (exact) mass is 843 g/mol. The summed E-state index contributed by atoms with van der Waals surface area (Å²) in [7, 11) is 0. The van der Waals surface area contributed by atoms with Gasteiger partial charge >= 0.3 is 11.9 Å². The molecule has 17 heteroatoms. The van der Waals surface area contributed by atoms with Crippen LogP contribution in [0.25, 0.3) is 0 Å². The fraction of sp³-hybridized carbons (Fsp3) is 0.558. The Hall–Kier alpha value is -4.91. The third-order valence-electron chi connectivity index (χ3n) is 8.41. The molecule has 2 aliphatic heterocycles. The molecular formula is C43H57NO16. The van der Waals surface area contributed by atoms with Gasteiger partial charge in [0.15, 0.2) is 23.0 Å². The van der Waals surface area contributed by atoms with Crippen LogP contribution in [0.15, 0.2) is 42.5 Å². The minimum absolute atomic E-state index is 0.000837. The fourth-order valence-electron chi connectivity index (χ4n) is 5.57. The lowest BCUT2D eigenvalue weighted by atomic mass is 10.1. The molecule has 4 bridgehead atoms. The summed E-state index contributed by atoms with van der Waals surface area (Å²) < 4.78 is 82.6. The summed E-state index contributed by atoms with van der Waals surface area (Å²) in [5, 5.41) is 0. The van der Waals surface area contributed by atoms with Crippen LogP contribution in [-0.2, 0) is 51.1 Å². The Bertz CT molecular complexity index is 1550. The average molecular weight is 844 g/mol. The average Bonchev–Trinajstić information content (AvgIpc) is 3.26. The van der Waals surface area contributed by atoms with Crippen molar-refractivity contribution in [3.05, 3.63) is 65.0 Å². The van der Waals surface area contributed by atoms with Gasteiger partial charge in [-0.3, -0.25) is 4.98 Å². The number of benzene rings is 2. The van der Waals surface area contributed by atoms with Crippen LogP contribution in [0.3, 0.4) is 0 Å². The van der Waals surface area contributed by atoms with E-state index in [2.05, 4.69) is 0 Å². The summed E-state index contributed by atoms with van der Waals surface area (Å²) in [4.78, 5) is 31.0. The van der Waals surface area contributed by atoms with Gasteiger partial charge in [-0.05, 0) is 49.2 Å². The van der Waals surface area contributed by atoms with Crippen molar-refractivity contribution in [3.8, 4) is 34.5 Å². The normalized spacial score (nSPS) is 17.1. The number of rotatable bonds is 6. The van der Waals surface area contributed by atoms with Crippen LogP contribution in [-0.4, -0.2) is 136 Å². The van der Waals surface area contributed by atoms with Crippen molar-refractivity contribution >= 4 is 11.9 Å². The van der Waals surface area contributed by atoms with Gasteiger partial charge in [-0.2, -0.15) is 0 Å². The standard InChI is InChI=1S/C43H57NO16/c1-3-8-57-42(45)32-26-36-40-37(27-32)54-23-19-50-15-11-48-13-17-52-21-25-56-39-29-33(43(46)58-9-4-2)28-38(41(39)60-31-35-7-5-6-34(44-35)30-59-40)55-24-20-51-16-12-47-10-14-49-18-22-53-36/h5-7,26-29H,3-4,8-25,30-31H2,1-2H3. The van der Waals surface area contributed by atoms with Crippen LogP contribution in [0.4, 0.5) is 0 Å². The maximum atomic E-state index is 13.1. The molecule has 0 radical (unpaired) electrons. The maximum Gasteiger partial charge on any atom is 0.338 e. The van der Waals surface area contributed by atoms with Crippen LogP contribution in [0.2, 0.25) is 0 Å². The molecule has 330 valence electrons. The molecule has 3 heterocycles. The Kier molecular flexibility index (Phi) is 20.8. The zero-order chi connectivity index (χ0) is 42.0. The topological polar surface area (TPSA) is 176 Å². The number of pyridine rings is 1. The van der Waals surface area contributed by atoms with E-state index in [1.54, 1.807) is 36.4 Å². The van der Waals surface area contributed by atoms with Crippen LogP contribution >= 0.6 is 0 Å². The molecule has 0 N–H and O–H groups in total. The Balaban J connectivity index is 1.49. The SMILES string of the molecule is CCCOC(=O)c1cc2c3c(c1)OCCOCCOCCOCCOc1cc(C(=O)OCCC)cc(c1OCc1cccc(n1)CO3)OCCOCCOCCOCCO2. The number of hydrogen-bond donors (Lipinski definition) is 0. The first kappa shape index (κ1) is 46.2. The molecular weight excluding hydrogens is 786 g/mol. The van der Waals surface area contributed by atoms with Crippen LogP contribution in [0.1, 0.15) is 58.8 Å². The maximum absolute atomic E-state index is 13.1. The lowest BCUT2D eigenvalue weighted by Crippen LogP contribution is -2.16. The molecule has 60 heavy (non-hydrogen) atoms. The first-order chi connectivity index (χ1) is 29.6. The fourth-order valence-corrected chi connectivity index (χ4v) is 5.57. The minimum atomic E-state index is -0.533. The van der Waals surface area contributed by atoms with Crippen LogP contribution < -0.4 is 28.4 Å². The molecule has 3 aromatic rings. The third kappa shape index (κ3) is 15.9. The smallest absolute Gasteiger partial charge is 0.338 e. The molecule has 0 atom stereocenters. The van der Waals surface area contributed by atoms with Gasteiger partial charge in [-0.1, -0.05) is 19.9 Å². The summed E-state index contributed by atoms with van der Waals surface area (Å²) in [6.45, 7) is 8.41. The van der Waals surface area contributed by atoms with E-state index in [9.17, 15) is 9.59 Å². The zero-order valence-electron chi connectivity index (χ0n) is 34.6. The summed E-state index contributed by atoms with van der Waals surface area (Å²) >= 11 is 0. The van der Waals surface area contributed by atoms with Crippen molar-refractivity contribution in [2.24, 2.45) is 0 Å². The van der Waals surface area contributed by atoms with E-state index >= 15 is 0 Å². The number of hydrogen-bond acceptors (Lipinski definition) is 17. The molecule has 5 rings (SSSR count). The van der Waals surface area contributed by atoms with Gasteiger partial charge in [0.25, 0.3) is 0 Å². The van der Waals surface area contributed by atoms with Crippen molar-refractivity contribution in [3.63, 3.8) is 0 Å². The highest BCUT2D eigenvalue weighted by molar-refractivity contribution is 5.91. The molecule has 0 amide bonds. The Labute approximate surface area is 350 Å². The summed E-state index contributed by atoms with van der Waals surface area (Å²) in [5.74, 6) is 0.446. The number of aromatic nitrogens is 1. The van der Waals surface area contributed by atoms with Crippen molar-refractivity contribution in [1.29, 1.82) is 0 Å². The van der Waals surface area contributed by atoms with E-state index in [1.165, 1.54) is 0 Å². The van der Waals surface area contributed by atoms with Gasteiger partial charge in [0, 0.05) is 0 Å². The second-order valence-corrected chi connectivity index (χ2v) is 13.1. The van der Waals surface area contributed by atoms with E-state index in [0.717, 1.165) is 0 Å². The van der Waals surface area contributed by atoms with Gasteiger partial charge in [0.2, 0.25) is 11.5 Å². The Morgan fingerprint density at radius 1 is 0.467 bits per heavy atom. The second-order valence-electron chi connectivity index (χ2n) is 13.1. The van der Waals surface area contributed by atoms with E-state index < -0.39 is 11.9 Å². The van der Waals surface area contributed by atoms with Crippen LogP contribution in [0, 0.1) is 0 Å². The van der Waals surface area contributed by atoms with Gasteiger partial charge in [0.1, 0.15) is 39.6 Å². The number of nitrogens with zero attached hydrogens (tertiary/aromatic N) is 1.